The van der Waals surface area contributed by atoms with Gasteiger partial charge in [-0.1, -0.05) is 36.4 Å². The summed E-state index contributed by atoms with van der Waals surface area (Å²) in [6.45, 7) is 1.89. The molecule has 0 radical (unpaired) electrons. The molecule has 1 aliphatic heterocycles. The van der Waals surface area contributed by atoms with Crippen molar-refractivity contribution in [2.75, 3.05) is 0 Å². The lowest BCUT2D eigenvalue weighted by Gasteiger charge is -2.30. The average molecular weight is 260 g/mol. The lowest BCUT2D eigenvalue weighted by Crippen LogP contribution is -2.18. The fourth-order valence-electron chi connectivity index (χ4n) is 2.04. The maximum atomic E-state index is 12.8. The first kappa shape index (κ1) is 11.5. The third-order valence-corrected chi connectivity index (χ3v) is 4.91. The van der Waals surface area contributed by atoms with Crippen molar-refractivity contribution in [3.63, 3.8) is 0 Å². The third kappa shape index (κ3) is 1.86. The standard InChI is InChI=1S/C14H13O3P/c1-11-13-9-5-6-10-14(13)17-18(15,16-11)12-7-3-2-4-8-12/h2-11H,1H3. The molecule has 0 fully saturated rings. The van der Waals surface area contributed by atoms with Crippen LogP contribution in [-0.4, -0.2) is 0 Å². The Morgan fingerprint density at radius 3 is 2.44 bits per heavy atom. The van der Waals surface area contributed by atoms with Gasteiger partial charge in [-0.05, 0) is 25.1 Å². The second-order valence-electron chi connectivity index (χ2n) is 4.21. The highest BCUT2D eigenvalue weighted by Crippen LogP contribution is 2.56. The smallest absolute Gasteiger partial charge is 0.411 e. The van der Waals surface area contributed by atoms with Gasteiger partial charge in [0.25, 0.3) is 0 Å². The van der Waals surface area contributed by atoms with Gasteiger partial charge in [0, 0.05) is 5.56 Å². The van der Waals surface area contributed by atoms with Crippen molar-refractivity contribution in [2.24, 2.45) is 0 Å². The zero-order valence-corrected chi connectivity index (χ0v) is 10.8. The van der Waals surface area contributed by atoms with E-state index in [-0.39, 0.29) is 6.10 Å². The summed E-state index contributed by atoms with van der Waals surface area (Å²) >= 11 is 0. The van der Waals surface area contributed by atoms with E-state index >= 15 is 0 Å². The molecule has 0 bridgehead atoms. The van der Waals surface area contributed by atoms with E-state index in [1.54, 1.807) is 12.1 Å². The Hall–Kier alpha value is -1.57. The number of rotatable bonds is 1. The van der Waals surface area contributed by atoms with Gasteiger partial charge >= 0.3 is 7.60 Å². The highest BCUT2D eigenvalue weighted by molar-refractivity contribution is 7.62. The van der Waals surface area contributed by atoms with Gasteiger partial charge in [-0.3, -0.25) is 4.52 Å². The third-order valence-electron chi connectivity index (χ3n) is 2.94. The molecular formula is C14H13O3P. The molecule has 0 amide bonds. The first-order valence-corrected chi connectivity index (χ1v) is 7.36. The lowest BCUT2D eigenvalue weighted by molar-refractivity contribution is 0.181. The van der Waals surface area contributed by atoms with Crippen LogP contribution in [0.5, 0.6) is 5.75 Å². The van der Waals surface area contributed by atoms with Crippen LogP contribution in [0.15, 0.2) is 54.6 Å². The van der Waals surface area contributed by atoms with Crippen molar-refractivity contribution in [1.29, 1.82) is 0 Å². The largest absolute Gasteiger partial charge is 0.421 e. The zero-order valence-electron chi connectivity index (χ0n) is 9.95. The molecule has 2 atom stereocenters. The molecule has 3 rings (SSSR count). The average Bonchev–Trinajstić information content (AvgIpc) is 2.40. The molecule has 0 saturated carbocycles. The van der Waals surface area contributed by atoms with E-state index in [1.165, 1.54) is 0 Å². The predicted molar refractivity (Wildman–Crippen MR) is 70.3 cm³/mol. The van der Waals surface area contributed by atoms with Crippen LogP contribution in [0, 0.1) is 0 Å². The van der Waals surface area contributed by atoms with Crippen molar-refractivity contribution < 1.29 is 13.6 Å². The zero-order chi connectivity index (χ0) is 12.6. The minimum absolute atomic E-state index is 0.235. The molecular weight excluding hydrogens is 247 g/mol. The molecule has 0 saturated heterocycles. The Labute approximate surface area is 106 Å². The molecule has 0 aliphatic carbocycles. The molecule has 4 heteroatoms. The van der Waals surface area contributed by atoms with Gasteiger partial charge in [-0.2, -0.15) is 0 Å². The van der Waals surface area contributed by atoms with Gasteiger partial charge in [-0.25, -0.2) is 4.57 Å². The number of benzene rings is 2. The minimum atomic E-state index is -3.25. The molecule has 0 spiro atoms. The summed E-state index contributed by atoms with van der Waals surface area (Å²) in [4.78, 5) is 0. The number of fused-ring (bicyclic) bond motifs is 1. The molecule has 2 aromatic rings. The highest BCUT2D eigenvalue weighted by atomic mass is 31.2. The molecule has 1 heterocycles. The fraction of sp³-hybridized carbons (Fsp3) is 0.143. The lowest BCUT2D eigenvalue weighted by atomic mass is 10.1. The summed E-state index contributed by atoms with van der Waals surface area (Å²) in [6.07, 6.45) is -0.235. The summed E-state index contributed by atoms with van der Waals surface area (Å²) < 4.78 is 24.0. The van der Waals surface area contributed by atoms with Crippen molar-refractivity contribution in [3.8, 4) is 5.75 Å². The van der Waals surface area contributed by atoms with Crippen LogP contribution in [-0.2, 0) is 9.09 Å². The van der Waals surface area contributed by atoms with E-state index in [9.17, 15) is 4.57 Å². The number of hydrogen-bond donors (Lipinski definition) is 0. The van der Waals surface area contributed by atoms with Gasteiger partial charge in [0.1, 0.15) is 5.75 Å². The second kappa shape index (κ2) is 4.27. The van der Waals surface area contributed by atoms with E-state index in [4.69, 9.17) is 9.05 Å². The molecule has 3 nitrogen and oxygen atoms in total. The van der Waals surface area contributed by atoms with Crippen LogP contribution in [0.2, 0.25) is 0 Å². The summed E-state index contributed by atoms with van der Waals surface area (Å²) in [6, 6.07) is 16.6. The quantitative estimate of drug-likeness (QED) is 0.734. The second-order valence-corrected chi connectivity index (χ2v) is 6.11. The molecule has 1 aliphatic rings. The van der Waals surface area contributed by atoms with Crippen LogP contribution in [0.25, 0.3) is 0 Å². The summed E-state index contributed by atoms with van der Waals surface area (Å²) in [5.41, 5.74) is 0.930. The van der Waals surface area contributed by atoms with Crippen LogP contribution in [0.4, 0.5) is 0 Å². The minimum Gasteiger partial charge on any atom is -0.421 e. The van der Waals surface area contributed by atoms with E-state index in [2.05, 4.69) is 0 Å². The van der Waals surface area contributed by atoms with E-state index in [0.717, 1.165) is 5.56 Å². The Morgan fingerprint density at radius 1 is 1.00 bits per heavy atom. The molecule has 92 valence electrons. The Kier molecular flexibility index (Phi) is 2.73. The van der Waals surface area contributed by atoms with E-state index in [0.29, 0.717) is 11.1 Å². The number of hydrogen-bond acceptors (Lipinski definition) is 3. The van der Waals surface area contributed by atoms with Gasteiger partial charge in [-0.15, -0.1) is 0 Å². The van der Waals surface area contributed by atoms with Gasteiger partial charge in [0.15, 0.2) is 0 Å². The monoisotopic (exact) mass is 260 g/mol. The van der Waals surface area contributed by atoms with Gasteiger partial charge < -0.3 is 4.52 Å². The normalized spacial score (nSPS) is 26.2. The first-order valence-electron chi connectivity index (χ1n) is 5.82. The van der Waals surface area contributed by atoms with Gasteiger partial charge in [0.2, 0.25) is 0 Å². The van der Waals surface area contributed by atoms with Crippen molar-refractivity contribution in [2.45, 2.75) is 13.0 Å². The van der Waals surface area contributed by atoms with Crippen molar-refractivity contribution in [1.82, 2.24) is 0 Å². The molecule has 18 heavy (non-hydrogen) atoms. The van der Waals surface area contributed by atoms with Crippen LogP contribution < -0.4 is 9.83 Å². The topological polar surface area (TPSA) is 35.5 Å². The van der Waals surface area contributed by atoms with Crippen LogP contribution >= 0.6 is 7.60 Å². The van der Waals surface area contributed by atoms with Crippen molar-refractivity contribution in [3.05, 3.63) is 60.2 Å². The van der Waals surface area contributed by atoms with Gasteiger partial charge in [0.05, 0.1) is 11.4 Å². The highest BCUT2D eigenvalue weighted by Gasteiger charge is 2.37. The fourth-order valence-corrected chi connectivity index (χ4v) is 3.80. The maximum absolute atomic E-state index is 12.8. The summed E-state index contributed by atoms with van der Waals surface area (Å²) in [5, 5.41) is 0.589. The van der Waals surface area contributed by atoms with E-state index in [1.807, 2.05) is 49.4 Å². The first-order chi connectivity index (χ1) is 8.69. The molecule has 2 aromatic carbocycles. The Morgan fingerprint density at radius 2 is 1.67 bits per heavy atom. The summed E-state index contributed by atoms with van der Waals surface area (Å²) in [7, 11) is -3.25. The molecule has 0 aromatic heterocycles. The predicted octanol–water partition coefficient (Wildman–Crippen LogP) is 3.68. The van der Waals surface area contributed by atoms with Crippen LogP contribution in [0.3, 0.4) is 0 Å². The van der Waals surface area contributed by atoms with E-state index < -0.39 is 7.60 Å². The Balaban J connectivity index is 2.06. The molecule has 2 unspecified atom stereocenters. The van der Waals surface area contributed by atoms with Crippen LogP contribution in [0.1, 0.15) is 18.6 Å². The maximum Gasteiger partial charge on any atom is 0.411 e. The summed E-state index contributed by atoms with van der Waals surface area (Å²) in [5.74, 6) is 0.642. The SMILES string of the molecule is CC1OP(=O)(c2ccccc2)Oc2ccccc21. The number of para-hydroxylation sites is 1. The Bertz CT molecular complexity index is 609. The van der Waals surface area contributed by atoms with Crippen molar-refractivity contribution >= 4 is 12.9 Å². The molecule has 0 N–H and O–H groups in total.